The Labute approximate surface area is 233 Å². The van der Waals surface area contributed by atoms with Gasteiger partial charge in [-0.05, 0) is 63.3 Å². The molecule has 2 aliphatic carbocycles. The topological polar surface area (TPSA) is 129 Å². The number of aromatic amines is 1. The van der Waals surface area contributed by atoms with Crippen LogP contribution in [0.4, 0.5) is 19.0 Å². The Balaban J connectivity index is 1.02. The normalized spacial score (nSPS) is 27.2. The molecule has 3 aromatic heterocycles. The molecule has 0 amide bonds. The third kappa shape index (κ3) is 4.70. The molecule has 3 atom stereocenters. The second-order valence-corrected chi connectivity index (χ2v) is 11.7. The van der Waals surface area contributed by atoms with Crippen molar-refractivity contribution in [2.75, 3.05) is 19.3 Å². The number of aromatic nitrogens is 5. The summed E-state index contributed by atoms with van der Waals surface area (Å²) < 4.78 is 41.1. The molecule has 6 rings (SSSR count). The zero-order valence-corrected chi connectivity index (χ0v) is 22.6. The number of nitrogens with one attached hydrogen (secondary N) is 1. The SMILES string of the molecule is CN(C[C@H]1CC[C@@](O)(n2ccc3c(N)ncnc32)[C@@H]1O)C1CC(CCc2nc3cc(Cl)c(C(F)(F)F)cc3[nH]2)C1. The molecule has 0 radical (unpaired) electrons. The molecule has 40 heavy (non-hydrogen) atoms. The standard InChI is InChI=1S/C27H31ClF3N7O2/c1-37(12-15-4-6-26(40,23(15)39)38-7-5-17-24(32)33-13-34-25(17)38)16-8-14(9-16)2-3-22-35-20-10-18(27(29,30)31)19(28)11-21(20)36-22/h5,7,10-11,13-16,23,39-40H,2-4,6,8-9,12H2,1H3,(H,35,36)(H2,32,33,34)/t14?,15-,16?,23-,26+/m1/s1. The third-order valence-electron chi connectivity index (χ3n) is 8.80. The van der Waals surface area contributed by atoms with Gasteiger partial charge in [0.15, 0.2) is 5.72 Å². The first-order valence-corrected chi connectivity index (χ1v) is 13.8. The highest BCUT2D eigenvalue weighted by Crippen LogP contribution is 2.43. The van der Waals surface area contributed by atoms with Crippen LogP contribution in [0.15, 0.2) is 30.7 Å². The number of hydrogen-bond donors (Lipinski definition) is 4. The molecule has 0 aliphatic heterocycles. The highest BCUT2D eigenvalue weighted by molar-refractivity contribution is 6.32. The van der Waals surface area contributed by atoms with E-state index in [9.17, 15) is 23.4 Å². The number of rotatable bonds is 7. The minimum atomic E-state index is -4.52. The smallest absolute Gasteiger partial charge is 0.388 e. The average Bonchev–Trinajstić information content (AvgIpc) is 3.55. The van der Waals surface area contributed by atoms with Gasteiger partial charge in [-0.25, -0.2) is 15.0 Å². The van der Waals surface area contributed by atoms with Crippen LogP contribution in [0.25, 0.3) is 22.1 Å². The molecule has 0 saturated heterocycles. The van der Waals surface area contributed by atoms with Crippen LogP contribution in [0.1, 0.15) is 43.5 Å². The van der Waals surface area contributed by atoms with Crippen LogP contribution in [-0.2, 0) is 18.3 Å². The number of benzene rings is 1. The summed E-state index contributed by atoms with van der Waals surface area (Å²) in [5.74, 6) is 1.36. The fourth-order valence-electron chi connectivity index (χ4n) is 6.39. The summed E-state index contributed by atoms with van der Waals surface area (Å²) in [6, 6.07) is 4.40. The van der Waals surface area contributed by atoms with Gasteiger partial charge in [-0.2, -0.15) is 13.2 Å². The van der Waals surface area contributed by atoms with Gasteiger partial charge in [0.25, 0.3) is 0 Å². The van der Waals surface area contributed by atoms with Crippen molar-refractivity contribution >= 4 is 39.5 Å². The van der Waals surface area contributed by atoms with Crippen LogP contribution in [-0.4, -0.2) is 65.4 Å². The molecule has 0 unspecified atom stereocenters. The van der Waals surface area contributed by atoms with Crippen molar-refractivity contribution in [3.05, 3.63) is 47.1 Å². The average molecular weight is 578 g/mol. The first kappa shape index (κ1) is 27.3. The first-order valence-electron chi connectivity index (χ1n) is 13.4. The van der Waals surface area contributed by atoms with Gasteiger partial charge in [0, 0.05) is 31.1 Å². The number of aryl methyl sites for hydroxylation is 1. The predicted octanol–water partition coefficient (Wildman–Crippen LogP) is 4.32. The second-order valence-electron chi connectivity index (χ2n) is 11.3. The fourth-order valence-corrected chi connectivity index (χ4v) is 6.66. The van der Waals surface area contributed by atoms with Crippen molar-refractivity contribution in [2.45, 2.75) is 62.6 Å². The maximum absolute atomic E-state index is 13.2. The predicted molar refractivity (Wildman–Crippen MR) is 144 cm³/mol. The number of fused-ring (bicyclic) bond motifs is 2. The lowest BCUT2D eigenvalue weighted by Gasteiger charge is -2.43. The Morgan fingerprint density at radius 3 is 2.80 bits per heavy atom. The Hall–Kier alpha value is -2.93. The molecule has 9 nitrogen and oxygen atoms in total. The maximum Gasteiger partial charge on any atom is 0.417 e. The lowest BCUT2D eigenvalue weighted by Crippen LogP contribution is -2.48. The summed E-state index contributed by atoms with van der Waals surface area (Å²) in [6.07, 6.45) is 2.15. The second kappa shape index (κ2) is 9.86. The Morgan fingerprint density at radius 1 is 1.27 bits per heavy atom. The summed E-state index contributed by atoms with van der Waals surface area (Å²) in [6.45, 7) is 0.656. The number of aliphatic hydroxyl groups is 2. The molecule has 0 bridgehead atoms. The van der Waals surface area contributed by atoms with E-state index in [1.807, 2.05) is 7.05 Å². The number of anilines is 1. The number of aliphatic hydroxyl groups excluding tert-OH is 1. The van der Waals surface area contributed by atoms with Gasteiger partial charge in [-0.1, -0.05) is 11.6 Å². The van der Waals surface area contributed by atoms with E-state index in [-0.39, 0.29) is 10.9 Å². The number of nitrogens with zero attached hydrogens (tertiary/aromatic N) is 5. The molecule has 2 fully saturated rings. The van der Waals surface area contributed by atoms with Gasteiger partial charge >= 0.3 is 6.18 Å². The van der Waals surface area contributed by atoms with Crippen molar-refractivity contribution in [1.29, 1.82) is 0 Å². The van der Waals surface area contributed by atoms with Gasteiger partial charge in [0.05, 0.1) is 27.0 Å². The molecule has 4 aromatic rings. The zero-order valence-electron chi connectivity index (χ0n) is 21.9. The molecular formula is C27H31ClF3N7O2. The highest BCUT2D eigenvalue weighted by atomic mass is 35.5. The monoisotopic (exact) mass is 577 g/mol. The van der Waals surface area contributed by atoms with Crippen LogP contribution in [0.2, 0.25) is 5.02 Å². The third-order valence-corrected chi connectivity index (χ3v) is 9.12. The van der Waals surface area contributed by atoms with Gasteiger partial charge in [-0.15, -0.1) is 0 Å². The maximum atomic E-state index is 13.2. The summed E-state index contributed by atoms with van der Waals surface area (Å²) in [5.41, 5.74) is 4.87. The Kier molecular flexibility index (Phi) is 6.72. The van der Waals surface area contributed by atoms with E-state index in [0.29, 0.717) is 71.5 Å². The van der Waals surface area contributed by atoms with E-state index in [4.69, 9.17) is 17.3 Å². The van der Waals surface area contributed by atoms with Crippen LogP contribution >= 0.6 is 11.6 Å². The molecular weight excluding hydrogens is 547 g/mol. The number of hydrogen-bond acceptors (Lipinski definition) is 7. The minimum absolute atomic E-state index is 0.102. The fraction of sp³-hybridized carbons (Fsp3) is 0.519. The minimum Gasteiger partial charge on any atom is -0.388 e. The van der Waals surface area contributed by atoms with Gasteiger partial charge in [-0.3, -0.25) is 0 Å². The molecule has 2 saturated carbocycles. The number of halogens is 4. The number of nitrogen functional groups attached to an aromatic ring is 1. The number of nitrogens with two attached hydrogens (primary N) is 1. The van der Waals surface area contributed by atoms with Crippen LogP contribution in [0.3, 0.4) is 0 Å². The van der Waals surface area contributed by atoms with E-state index in [2.05, 4.69) is 24.8 Å². The van der Waals surface area contributed by atoms with Crippen molar-refractivity contribution in [3.8, 4) is 0 Å². The largest absolute Gasteiger partial charge is 0.417 e. The van der Waals surface area contributed by atoms with Gasteiger partial charge < -0.3 is 30.4 Å². The number of H-pyrrole nitrogens is 1. The Bertz CT molecular complexity index is 1550. The molecule has 13 heteroatoms. The lowest BCUT2D eigenvalue weighted by molar-refractivity contribution is -0.137. The lowest BCUT2D eigenvalue weighted by atomic mass is 9.76. The molecule has 1 aromatic carbocycles. The molecule has 2 aliphatic rings. The Morgan fingerprint density at radius 2 is 2.05 bits per heavy atom. The molecule has 0 spiro atoms. The molecule has 214 valence electrons. The molecule has 5 N–H and O–H groups in total. The van der Waals surface area contributed by atoms with Crippen LogP contribution in [0.5, 0.6) is 0 Å². The van der Waals surface area contributed by atoms with Gasteiger partial charge in [0.1, 0.15) is 29.7 Å². The quantitative estimate of drug-likeness (QED) is 0.257. The summed E-state index contributed by atoms with van der Waals surface area (Å²) in [7, 11) is 2.05. The van der Waals surface area contributed by atoms with Crippen molar-refractivity contribution in [3.63, 3.8) is 0 Å². The first-order chi connectivity index (χ1) is 18.9. The van der Waals surface area contributed by atoms with E-state index in [1.54, 1.807) is 16.8 Å². The van der Waals surface area contributed by atoms with Crippen LogP contribution in [0, 0.1) is 11.8 Å². The molecule has 3 heterocycles. The summed E-state index contributed by atoms with van der Waals surface area (Å²) in [5, 5.41) is 22.9. The van der Waals surface area contributed by atoms with E-state index >= 15 is 0 Å². The summed E-state index contributed by atoms with van der Waals surface area (Å²) in [4.78, 5) is 18.0. The number of alkyl halides is 3. The van der Waals surface area contributed by atoms with Crippen molar-refractivity contribution < 1.29 is 23.4 Å². The summed E-state index contributed by atoms with van der Waals surface area (Å²) >= 11 is 5.82. The van der Waals surface area contributed by atoms with Crippen molar-refractivity contribution in [2.24, 2.45) is 11.8 Å². The van der Waals surface area contributed by atoms with Crippen molar-refractivity contribution in [1.82, 2.24) is 29.4 Å². The number of imidazole rings is 1. The highest BCUT2D eigenvalue weighted by Gasteiger charge is 2.49. The van der Waals surface area contributed by atoms with Crippen LogP contribution < -0.4 is 5.73 Å². The van der Waals surface area contributed by atoms with Gasteiger partial charge in [0.2, 0.25) is 0 Å². The van der Waals surface area contributed by atoms with E-state index in [1.165, 1.54) is 12.4 Å². The van der Waals surface area contributed by atoms with E-state index < -0.39 is 23.6 Å². The van der Waals surface area contributed by atoms with E-state index in [0.717, 1.165) is 25.3 Å². The zero-order chi connectivity index (χ0) is 28.4.